The lowest BCUT2D eigenvalue weighted by Crippen LogP contribution is -2.27. The van der Waals surface area contributed by atoms with Crippen LogP contribution < -0.4 is 0 Å². The van der Waals surface area contributed by atoms with E-state index in [0.717, 1.165) is 12.8 Å². The zero-order valence-corrected chi connectivity index (χ0v) is 10.2. The molecule has 1 aliphatic heterocycles. The third kappa shape index (κ3) is 2.97. The molecule has 1 heterocycles. The summed E-state index contributed by atoms with van der Waals surface area (Å²) in [6, 6.07) is 10.4. The summed E-state index contributed by atoms with van der Waals surface area (Å²) in [6.07, 6.45) is 1.87. The summed E-state index contributed by atoms with van der Waals surface area (Å²) in [5.74, 6) is 0.0380. The molecule has 0 radical (unpaired) electrons. The second-order valence-corrected chi connectivity index (χ2v) is 4.63. The minimum Gasteiger partial charge on any atom is -0.347 e. The fraction of sp³-hybridized carbons (Fsp3) is 0.538. The van der Waals surface area contributed by atoms with Gasteiger partial charge in [0, 0.05) is 6.42 Å². The highest BCUT2D eigenvalue weighted by molar-refractivity contribution is 6.18. The quantitative estimate of drug-likeness (QED) is 0.754. The molecule has 0 unspecified atom stereocenters. The monoisotopic (exact) mass is 240 g/mol. The van der Waals surface area contributed by atoms with Crippen molar-refractivity contribution < 1.29 is 9.47 Å². The third-order valence-electron chi connectivity index (χ3n) is 2.87. The molecule has 1 aliphatic rings. The van der Waals surface area contributed by atoms with E-state index in [1.165, 1.54) is 5.56 Å². The van der Waals surface area contributed by atoms with E-state index >= 15 is 0 Å². The molecular weight excluding hydrogens is 224 g/mol. The molecule has 0 bridgehead atoms. The van der Waals surface area contributed by atoms with Crippen LogP contribution in [-0.2, 0) is 15.9 Å². The van der Waals surface area contributed by atoms with Gasteiger partial charge in [0.1, 0.15) is 0 Å². The predicted octanol–water partition coefficient (Wildman–Crippen LogP) is 2.99. The van der Waals surface area contributed by atoms with Crippen LogP contribution in [0.2, 0.25) is 0 Å². The van der Waals surface area contributed by atoms with E-state index in [9.17, 15) is 0 Å². The normalized spacial score (nSPS) is 29.5. The van der Waals surface area contributed by atoms with E-state index in [1.54, 1.807) is 0 Å². The summed E-state index contributed by atoms with van der Waals surface area (Å²) < 4.78 is 11.4. The minimum absolute atomic E-state index is 0.0439. The Kier molecular flexibility index (Phi) is 3.85. The molecule has 1 saturated heterocycles. The van der Waals surface area contributed by atoms with Crippen molar-refractivity contribution in [2.75, 3.05) is 12.5 Å². The number of hydrogen-bond acceptors (Lipinski definition) is 2. The highest BCUT2D eigenvalue weighted by atomic mass is 35.5. The van der Waals surface area contributed by atoms with Crippen molar-refractivity contribution in [3.63, 3.8) is 0 Å². The predicted molar refractivity (Wildman–Crippen MR) is 64.7 cm³/mol. The summed E-state index contributed by atoms with van der Waals surface area (Å²) in [5.41, 5.74) is 1.31. The lowest BCUT2D eigenvalue weighted by atomic mass is 10.1. The summed E-state index contributed by atoms with van der Waals surface area (Å²) in [7, 11) is 0. The average Bonchev–Trinajstić information content (AvgIpc) is 2.71. The third-order valence-corrected chi connectivity index (χ3v) is 3.22. The Morgan fingerprint density at radius 1 is 1.38 bits per heavy atom. The Hall–Kier alpha value is -0.570. The second-order valence-electron chi connectivity index (χ2n) is 4.32. The molecule has 1 aromatic carbocycles. The summed E-state index contributed by atoms with van der Waals surface area (Å²) in [4.78, 5) is 0. The van der Waals surface area contributed by atoms with Crippen LogP contribution in [0.15, 0.2) is 30.3 Å². The highest BCUT2D eigenvalue weighted by Crippen LogP contribution is 2.28. The Labute approximate surface area is 102 Å². The van der Waals surface area contributed by atoms with Crippen LogP contribution in [0.5, 0.6) is 0 Å². The first-order chi connectivity index (χ1) is 7.72. The molecule has 1 aromatic rings. The van der Waals surface area contributed by atoms with Gasteiger partial charge in [0.2, 0.25) is 0 Å². The van der Waals surface area contributed by atoms with Crippen molar-refractivity contribution in [1.82, 2.24) is 0 Å². The first-order valence-electron chi connectivity index (χ1n) is 5.63. The van der Waals surface area contributed by atoms with Crippen LogP contribution in [0.25, 0.3) is 0 Å². The largest absolute Gasteiger partial charge is 0.347 e. The zero-order valence-electron chi connectivity index (χ0n) is 9.49. The summed E-state index contributed by atoms with van der Waals surface area (Å²) >= 11 is 5.75. The maximum absolute atomic E-state index is 5.77. The van der Waals surface area contributed by atoms with Gasteiger partial charge in [-0.1, -0.05) is 30.3 Å². The number of ether oxygens (including phenoxy) is 2. The van der Waals surface area contributed by atoms with Crippen LogP contribution in [0.1, 0.15) is 18.9 Å². The molecule has 0 aromatic heterocycles. The van der Waals surface area contributed by atoms with Crippen LogP contribution >= 0.6 is 11.6 Å². The summed E-state index contributed by atoms with van der Waals surface area (Å²) in [5, 5.41) is 0. The first-order valence-corrected chi connectivity index (χ1v) is 6.17. The van der Waals surface area contributed by atoms with Crippen molar-refractivity contribution in [2.24, 2.45) is 0 Å². The Bertz CT molecular complexity index is 328. The number of alkyl halides is 1. The molecule has 1 fully saturated rings. The smallest absolute Gasteiger partial charge is 0.166 e. The van der Waals surface area contributed by atoms with Crippen molar-refractivity contribution in [1.29, 1.82) is 0 Å². The maximum Gasteiger partial charge on any atom is 0.166 e. The topological polar surface area (TPSA) is 18.5 Å². The van der Waals surface area contributed by atoms with Crippen LogP contribution in [0.3, 0.4) is 0 Å². The Morgan fingerprint density at radius 3 is 2.75 bits per heavy atom. The van der Waals surface area contributed by atoms with Gasteiger partial charge in [-0.3, -0.25) is 0 Å². The van der Waals surface area contributed by atoms with Gasteiger partial charge in [-0.15, -0.1) is 11.6 Å². The number of halogens is 1. The zero-order chi connectivity index (χ0) is 11.4. The van der Waals surface area contributed by atoms with E-state index in [4.69, 9.17) is 21.1 Å². The van der Waals surface area contributed by atoms with Gasteiger partial charge in [0.25, 0.3) is 0 Å². The summed E-state index contributed by atoms with van der Waals surface area (Å²) in [6.45, 7) is 2.59. The van der Waals surface area contributed by atoms with E-state index in [1.807, 2.05) is 13.0 Å². The Balaban J connectivity index is 1.86. The van der Waals surface area contributed by atoms with E-state index < -0.39 is 5.79 Å². The van der Waals surface area contributed by atoms with Crippen LogP contribution in [-0.4, -0.2) is 24.4 Å². The number of rotatable bonds is 4. The standard InChI is InChI=1S/C13H17ClO2/c1-13(15-10-12(9-14)16-13)8-7-11-5-3-2-4-6-11/h2-6,12H,7-10H2,1H3/t12-,13+/m1/s1. The lowest BCUT2D eigenvalue weighted by molar-refractivity contribution is -0.155. The van der Waals surface area contributed by atoms with Crippen molar-refractivity contribution in [2.45, 2.75) is 31.7 Å². The first kappa shape index (κ1) is 11.9. The average molecular weight is 241 g/mol. The van der Waals surface area contributed by atoms with Crippen LogP contribution in [0.4, 0.5) is 0 Å². The molecule has 0 saturated carbocycles. The number of hydrogen-bond donors (Lipinski definition) is 0. The van der Waals surface area contributed by atoms with E-state index in [0.29, 0.717) is 12.5 Å². The van der Waals surface area contributed by atoms with Gasteiger partial charge in [0.15, 0.2) is 5.79 Å². The van der Waals surface area contributed by atoms with Gasteiger partial charge in [0.05, 0.1) is 18.6 Å². The molecular formula is C13H17ClO2. The van der Waals surface area contributed by atoms with Gasteiger partial charge < -0.3 is 9.47 Å². The van der Waals surface area contributed by atoms with Crippen molar-refractivity contribution >= 4 is 11.6 Å². The van der Waals surface area contributed by atoms with Gasteiger partial charge in [-0.05, 0) is 18.9 Å². The van der Waals surface area contributed by atoms with Gasteiger partial charge in [-0.2, -0.15) is 0 Å². The maximum atomic E-state index is 5.77. The van der Waals surface area contributed by atoms with Gasteiger partial charge in [-0.25, -0.2) is 0 Å². The molecule has 2 nitrogen and oxygen atoms in total. The minimum atomic E-state index is -0.463. The molecule has 2 atom stereocenters. The molecule has 16 heavy (non-hydrogen) atoms. The fourth-order valence-corrected chi connectivity index (χ4v) is 2.07. The molecule has 2 rings (SSSR count). The lowest BCUT2D eigenvalue weighted by Gasteiger charge is -2.23. The molecule has 0 aliphatic carbocycles. The fourth-order valence-electron chi connectivity index (χ4n) is 1.91. The molecule has 0 spiro atoms. The SMILES string of the molecule is C[C@]1(CCc2ccccc2)OC[C@@H](CCl)O1. The second kappa shape index (κ2) is 5.17. The number of benzene rings is 1. The number of aryl methyl sites for hydroxylation is 1. The Morgan fingerprint density at radius 2 is 2.12 bits per heavy atom. The molecule has 0 amide bonds. The van der Waals surface area contributed by atoms with E-state index in [2.05, 4.69) is 24.3 Å². The highest BCUT2D eigenvalue weighted by Gasteiger charge is 2.36. The van der Waals surface area contributed by atoms with Crippen molar-refractivity contribution in [3.8, 4) is 0 Å². The van der Waals surface area contributed by atoms with Crippen LogP contribution in [0, 0.1) is 0 Å². The molecule has 88 valence electrons. The van der Waals surface area contributed by atoms with Gasteiger partial charge >= 0.3 is 0 Å². The van der Waals surface area contributed by atoms with E-state index in [-0.39, 0.29) is 6.10 Å². The molecule has 0 N–H and O–H groups in total. The van der Waals surface area contributed by atoms with Crippen molar-refractivity contribution in [3.05, 3.63) is 35.9 Å². The molecule has 3 heteroatoms.